The summed E-state index contributed by atoms with van der Waals surface area (Å²) in [7, 11) is 3.72. The van der Waals surface area contributed by atoms with Gasteiger partial charge in [0.25, 0.3) is 0 Å². The van der Waals surface area contributed by atoms with Crippen LogP contribution >= 0.6 is 0 Å². The lowest BCUT2D eigenvalue weighted by Crippen LogP contribution is -2.19. The Morgan fingerprint density at radius 3 is 2.24 bits per heavy atom. The van der Waals surface area contributed by atoms with Crippen molar-refractivity contribution in [2.45, 2.75) is 32.2 Å². The molecule has 112 valence electrons. The lowest BCUT2D eigenvalue weighted by molar-refractivity contribution is 0.401. The second-order valence-electron chi connectivity index (χ2n) is 5.68. The summed E-state index contributed by atoms with van der Waals surface area (Å²) in [6, 6.07) is 17.4. The molecule has 0 bridgehead atoms. The number of para-hydroxylation sites is 1. The SMILES string of the molecule is CNC(Cc1ccc(C(C)C)cc1)c1ccccc1OC. The van der Waals surface area contributed by atoms with Crippen LogP contribution < -0.4 is 10.1 Å². The highest BCUT2D eigenvalue weighted by molar-refractivity contribution is 5.37. The Labute approximate surface area is 128 Å². The first-order valence-electron chi connectivity index (χ1n) is 7.54. The van der Waals surface area contributed by atoms with Gasteiger partial charge in [-0.2, -0.15) is 0 Å². The second kappa shape index (κ2) is 7.28. The Bertz CT molecular complexity index is 560. The van der Waals surface area contributed by atoms with Crippen LogP contribution in [0.4, 0.5) is 0 Å². The summed E-state index contributed by atoms with van der Waals surface area (Å²) in [6.45, 7) is 4.44. The maximum Gasteiger partial charge on any atom is 0.123 e. The Kier molecular flexibility index (Phi) is 5.40. The lowest BCUT2D eigenvalue weighted by atomic mass is 9.95. The van der Waals surface area contributed by atoms with E-state index in [2.05, 4.69) is 55.6 Å². The van der Waals surface area contributed by atoms with E-state index in [1.54, 1.807) is 7.11 Å². The minimum absolute atomic E-state index is 0.256. The summed E-state index contributed by atoms with van der Waals surface area (Å²) in [6.07, 6.45) is 0.954. The van der Waals surface area contributed by atoms with Gasteiger partial charge in [-0.3, -0.25) is 0 Å². The van der Waals surface area contributed by atoms with Gasteiger partial charge in [-0.25, -0.2) is 0 Å². The molecule has 0 fully saturated rings. The Morgan fingerprint density at radius 1 is 1.00 bits per heavy atom. The number of methoxy groups -OCH3 is 1. The molecule has 0 aromatic heterocycles. The van der Waals surface area contributed by atoms with Crippen molar-refractivity contribution in [1.29, 1.82) is 0 Å². The summed E-state index contributed by atoms with van der Waals surface area (Å²) in [5.74, 6) is 1.52. The summed E-state index contributed by atoms with van der Waals surface area (Å²) < 4.78 is 5.48. The fourth-order valence-electron chi connectivity index (χ4n) is 2.60. The van der Waals surface area contributed by atoms with Gasteiger partial charge in [0.2, 0.25) is 0 Å². The van der Waals surface area contributed by atoms with Gasteiger partial charge in [-0.05, 0) is 36.6 Å². The predicted molar refractivity (Wildman–Crippen MR) is 89.0 cm³/mol. The third-order valence-electron chi connectivity index (χ3n) is 3.95. The topological polar surface area (TPSA) is 21.3 Å². The van der Waals surface area contributed by atoms with E-state index >= 15 is 0 Å². The van der Waals surface area contributed by atoms with Crippen molar-refractivity contribution in [3.8, 4) is 5.75 Å². The third kappa shape index (κ3) is 3.85. The molecule has 1 N–H and O–H groups in total. The van der Waals surface area contributed by atoms with Crippen molar-refractivity contribution >= 4 is 0 Å². The Morgan fingerprint density at radius 2 is 1.67 bits per heavy atom. The largest absolute Gasteiger partial charge is 0.496 e. The number of nitrogens with one attached hydrogen (secondary N) is 1. The number of ether oxygens (including phenoxy) is 1. The van der Waals surface area contributed by atoms with Crippen molar-refractivity contribution in [1.82, 2.24) is 5.32 Å². The van der Waals surface area contributed by atoms with Crippen LogP contribution in [0.1, 0.15) is 42.5 Å². The zero-order chi connectivity index (χ0) is 15.2. The lowest BCUT2D eigenvalue weighted by Gasteiger charge is -2.19. The van der Waals surface area contributed by atoms with E-state index in [-0.39, 0.29) is 6.04 Å². The number of hydrogen-bond donors (Lipinski definition) is 1. The zero-order valence-electron chi connectivity index (χ0n) is 13.4. The average Bonchev–Trinajstić information content (AvgIpc) is 2.53. The molecule has 2 aromatic rings. The van der Waals surface area contributed by atoms with Gasteiger partial charge in [-0.1, -0.05) is 56.3 Å². The van der Waals surface area contributed by atoms with Crippen LogP contribution in [0.25, 0.3) is 0 Å². The van der Waals surface area contributed by atoms with E-state index in [1.165, 1.54) is 16.7 Å². The summed E-state index contributed by atoms with van der Waals surface area (Å²) in [5, 5.41) is 3.40. The third-order valence-corrected chi connectivity index (χ3v) is 3.95. The van der Waals surface area contributed by atoms with Crippen LogP contribution in [0.5, 0.6) is 5.75 Å². The molecule has 0 aliphatic rings. The molecule has 21 heavy (non-hydrogen) atoms. The van der Waals surface area contributed by atoms with Gasteiger partial charge in [0, 0.05) is 11.6 Å². The molecule has 1 atom stereocenters. The quantitative estimate of drug-likeness (QED) is 0.852. The van der Waals surface area contributed by atoms with Gasteiger partial charge < -0.3 is 10.1 Å². The standard InChI is InChI=1S/C19H25NO/c1-14(2)16-11-9-15(10-12-16)13-18(20-3)17-7-5-6-8-19(17)21-4/h5-12,14,18,20H,13H2,1-4H3. The summed E-state index contributed by atoms with van der Waals surface area (Å²) in [5.41, 5.74) is 3.93. The molecule has 0 aliphatic heterocycles. The molecule has 1 unspecified atom stereocenters. The number of likely N-dealkylation sites (N-methyl/N-ethyl adjacent to an activating group) is 1. The molecule has 0 saturated carbocycles. The molecular weight excluding hydrogens is 258 g/mol. The van der Waals surface area contributed by atoms with E-state index in [1.807, 2.05) is 19.2 Å². The minimum Gasteiger partial charge on any atom is -0.496 e. The monoisotopic (exact) mass is 283 g/mol. The maximum atomic E-state index is 5.48. The first kappa shape index (κ1) is 15.6. The normalized spacial score (nSPS) is 12.4. The van der Waals surface area contributed by atoms with Crippen LogP contribution in [0.15, 0.2) is 48.5 Å². The molecule has 0 amide bonds. The van der Waals surface area contributed by atoms with Crippen molar-refractivity contribution < 1.29 is 4.74 Å². The van der Waals surface area contributed by atoms with Crippen molar-refractivity contribution in [2.24, 2.45) is 0 Å². The fraction of sp³-hybridized carbons (Fsp3) is 0.368. The molecular formula is C19H25NO. The smallest absolute Gasteiger partial charge is 0.123 e. The second-order valence-corrected chi connectivity index (χ2v) is 5.68. The van der Waals surface area contributed by atoms with Crippen LogP contribution in [0, 0.1) is 0 Å². The minimum atomic E-state index is 0.256. The van der Waals surface area contributed by atoms with E-state index < -0.39 is 0 Å². The van der Waals surface area contributed by atoms with Gasteiger partial charge in [0.1, 0.15) is 5.75 Å². The van der Waals surface area contributed by atoms with Gasteiger partial charge >= 0.3 is 0 Å². The Hall–Kier alpha value is -1.80. The van der Waals surface area contributed by atoms with Crippen LogP contribution in [0.3, 0.4) is 0 Å². The first-order chi connectivity index (χ1) is 10.2. The fourth-order valence-corrected chi connectivity index (χ4v) is 2.60. The van der Waals surface area contributed by atoms with Crippen LogP contribution in [-0.4, -0.2) is 14.2 Å². The van der Waals surface area contributed by atoms with Gasteiger partial charge in [0.05, 0.1) is 7.11 Å². The van der Waals surface area contributed by atoms with Crippen LogP contribution in [-0.2, 0) is 6.42 Å². The van der Waals surface area contributed by atoms with Gasteiger partial charge in [-0.15, -0.1) is 0 Å². The summed E-state index contributed by atoms with van der Waals surface area (Å²) in [4.78, 5) is 0. The van der Waals surface area contributed by atoms with E-state index in [0.717, 1.165) is 12.2 Å². The molecule has 0 radical (unpaired) electrons. The highest BCUT2D eigenvalue weighted by Crippen LogP contribution is 2.27. The van der Waals surface area contributed by atoms with E-state index in [4.69, 9.17) is 4.74 Å². The number of benzene rings is 2. The Balaban J connectivity index is 2.19. The van der Waals surface area contributed by atoms with Crippen molar-refractivity contribution in [3.63, 3.8) is 0 Å². The average molecular weight is 283 g/mol. The highest BCUT2D eigenvalue weighted by Gasteiger charge is 2.14. The first-order valence-corrected chi connectivity index (χ1v) is 7.54. The number of hydrogen-bond acceptors (Lipinski definition) is 2. The van der Waals surface area contributed by atoms with Crippen molar-refractivity contribution in [2.75, 3.05) is 14.2 Å². The number of rotatable bonds is 6. The molecule has 2 rings (SSSR count). The molecule has 0 spiro atoms. The predicted octanol–water partition coefficient (Wildman–Crippen LogP) is 4.32. The molecule has 2 aromatic carbocycles. The maximum absolute atomic E-state index is 5.48. The van der Waals surface area contributed by atoms with E-state index in [9.17, 15) is 0 Å². The summed E-state index contributed by atoms with van der Waals surface area (Å²) >= 11 is 0. The van der Waals surface area contributed by atoms with Crippen LogP contribution in [0.2, 0.25) is 0 Å². The molecule has 2 heteroatoms. The van der Waals surface area contributed by atoms with Crippen molar-refractivity contribution in [3.05, 3.63) is 65.2 Å². The molecule has 0 saturated heterocycles. The zero-order valence-corrected chi connectivity index (χ0v) is 13.4. The molecule has 0 aliphatic carbocycles. The highest BCUT2D eigenvalue weighted by atomic mass is 16.5. The molecule has 2 nitrogen and oxygen atoms in total. The van der Waals surface area contributed by atoms with E-state index in [0.29, 0.717) is 5.92 Å². The van der Waals surface area contributed by atoms with Gasteiger partial charge in [0.15, 0.2) is 0 Å². The molecule has 0 heterocycles.